The fourth-order valence-electron chi connectivity index (χ4n) is 3.19. The highest BCUT2D eigenvalue weighted by atomic mass is 32.2. The molecule has 1 aromatic carbocycles. The van der Waals surface area contributed by atoms with E-state index in [1.54, 1.807) is 36.1 Å². The van der Waals surface area contributed by atoms with E-state index in [0.29, 0.717) is 11.6 Å². The topological polar surface area (TPSA) is 70.6 Å². The van der Waals surface area contributed by atoms with E-state index in [1.807, 2.05) is 24.3 Å². The molecule has 140 valence electrons. The number of amides is 1. The number of aromatic nitrogens is 1. The third-order valence-corrected chi connectivity index (χ3v) is 8.66. The molecular weight excluding hydrogens is 402 g/mol. The summed E-state index contributed by atoms with van der Waals surface area (Å²) in [5, 5.41) is 4.06. The molecule has 1 amide bonds. The second-order valence-corrected chi connectivity index (χ2v) is 10.1. The molecule has 0 fully saturated rings. The molecule has 0 radical (unpaired) electrons. The van der Waals surface area contributed by atoms with Crippen LogP contribution >= 0.6 is 22.7 Å². The highest BCUT2D eigenvalue weighted by Crippen LogP contribution is 2.32. The molecule has 1 aliphatic rings. The van der Waals surface area contributed by atoms with Gasteiger partial charge in [0.1, 0.15) is 10.3 Å². The molecule has 0 unspecified atom stereocenters. The monoisotopic (exact) mass is 419 g/mol. The van der Waals surface area contributed by atoms with Gasteiger partial charge in [-0.3, -0.25) is 9.69 Å². The predicted octanol–water partition coefficient (Wildman–Crippen LogP) is 2.98. The number of sulfonamides is 1. The van der Waals surface area contributed by atoms with Gasteiger partial charge in [-0.25, -0.2) is 13.4 Å². The van der Waals surface area contributed by atoms with Crippen LogP contribution < -0.4 is 4.90 Å². The molecule has 3 heterocycles. The van der Waals surface area contributed by atoms with E-state index in [1.165, 1.54) is 20.5 Å². The van der Waals surface area contributed by atoms with E-state index in [0.717, 1.165) is 22.5 Å². The quantitative estimate of drug-likeness (QED) is 0.652. The Morgan fingerprint density at radius 1 is 1.15 bits per heavy atom. The minimum atomic E-state index is -3.77. The van der Waals surface area contributed by atoms with E-state index in [4.69, 9.17) is 0 Å². The van der Waals surface area contributed by atoms with Crippen LogP contribution in [0.2, 0.25) is 0 Å². The first-order valence-electron chi connectivity index (χ1n) is 8.27. The lowest BCUT2D eigenvalue weighted by atomic mass is 9.95. The van der Waals surface area contributed by atoms with E-state index >= 15 is 0 Å². The van der Waals surface area contributed by atoms with Gasteiger partial charge >= 0.3 is 0 Å². The van der Waals surface area contributed by atoms with Crippen LogP contribution in [-0.4, -0.2) is 36.7 Å². The zero-order valence-electron chi connectivity index (χ0n) is 14.5. The number of likely N-dealkylation sites (N-methyl/N-ethyl adjacent to an activating group) is 1. The third kappa shape index (κ3) is 3.31. The van der Waals surface area contributed by atoms with Gasteiger partial charge in [0.25, 0.3) is 10.0 Å². The Morgan fingerprint density at radius 3 is 2.59 bits per heavy atom. The molecular formula is C18H17N3O3S3. The SMILES string of the molecule is CN(C(=O)[C@@H]1Cc2ccccc2CN1S(=O)(=O)c1cccs1)c1nccs1. The van der Waals surface area contributed by atoms with Crippen LogP contribution in [0.15, 0.2) is 57.6 Å². The molecule has 27 heavy (non-hydrogen) atoms. The first-order chi connectivity index (χ1) is 13.0. The Bertz CT molecular complexity index is 1050. The van der Waals surface area contributed by atoms with E-state index < -0.39 is 16.1 Å². The maximum atomic E-state index is 13.2. The maximum Gasteiger partial charge on any atom is 0.253 e. The minimum Gasteiger partial charge on any atom is -0.290 e. The van der Waals surface area contributed by atoms with Gasteiger partial charge in [0.2, 0.25) is 5.91 Å². The van der Waals surface area contributed by atoms with Gasteiger partial charge in [-0.05, 0) is 29.0 Å². The fourth-order valence-corrected chi connectivity index (χ4v) is 6.48. The van der Waals surface area contributed by atoms with Gasteiger partial charge in [0, 0.05) is 25.2 Å². The van der Waals surface area contributed by atoms with Crippen molar-refractivity contribution in [2.45, 2.75) is 23.2 Å². The average Bonchev–Trinajstić information content (AvgIpc) is 3.39. The zero-order valence-corrected chi connectivity index (χ0v) is 16.9. The summed E-state index contributed by atoms with van der Waals surface area (Å²) in [7, 11) is -2.13. The van der Waals surface area contributed by atoms with E-state index in [-0.39, 0.29) is 16.7 Å². The molecule has 1 aliphatic heterocycles. The molecule has 0 bridgehead atoms. The van der Waals surface area contributed by atoms with Crippen molar-refractivity contribution in [3.63, 3.8) is 0 Å². The molecule has 4 rings (SSSR count). The Morgan fingerprint density at radius 2 is 1.93 bits per heavy atom. The number of anilines is 1. The van der Waals surface area contributed by atoms with Crippen LogP contribution in [0.5, 0.6) is 0 Å². The molecule has 0 saturated carbocycles. The second-order valence-electron chi connectivity index (χ2n) is 6.18. The molecule has 2 aromatic heterocycles. The van der Waals surface area contributed by atoms with Gasteiger partial charge in [-0.2, -0.15) is 4.31 Å². The van der Waals surface area contributed by atoms with Crippen molar-refractivity contribution in [3.05, 3.63) is 64.5 Å². The molecule has 0 aliphatic carbocycles. The average molecular weight is 420 g/mol. The first kappa shape index (κ1) is 18.3. The Balaban J connectivity index is 1.75. The Labute approximate surface area is 165 Å². The van der Waals surface area contributed by atoms with Crippen LogP contribution in [0, 0.1) is 0 Å². The number of thiazole rings is 1. The predicted molar refractivity (Wildman–Crippen MR) is 107 cm³/mol. The van der Waals surface area contributed by atoms with Crippen LogP contribution in [0.3, 0.4) is 0 Å². The normalized spacial score (nSPS) is 17.4. The van der Waals surface area contributed by atoms with Crippen molar-refractivity contribution in [2.24, 2.45) is 0 Å². The molecule has 3 aromatic rings. The van der Waals surface area contributed by atoms with Gasteiger partial charge in [-0.1, -0.05) is 30.3 Å². The molecule has 9 heteroatoms. The lowest BCUT2D eigenvalue weighted by molar-refractivity contribution is -0.122. The van der Waals surface area contributed by atoms with Crippen molar-refractivity contribution in [3.8, 4) is 0 Å². The highest BCUT2D eigenvalue weighted by Gasteiger charge is 2.41. The first-order valence-corrected chi connectivity index (χ1v) is 11.5. The molecule has 0 saturated heterocycles. The van der Waals surface area contributed by atoms with Crippen molar-refractivity contribution >= 4 is 43.7 Å². The number of fused-ring (bicyclic) bond motifs is 1. The molecule has 1 atom stereocenters. The summed E-state index contributed by atoms with van der Waals surface area (Å²) in [6.07, 6.45) is 1.97. The summed E-state index contributed by atoms with van der Waals surface area (Å²) < 4.78 is 28.0. The summed E-state index contributed by atoms with van der Waals surface area (Å²) in [4.78, 5) is 18.8. The third-order valence-electron chi connectivity index (χ3n) is 4.59. The van der Waals surface area contributed by atoms with Gasteiger partial charge in [0.05, 0.1) is 0 Å². The van der Waals surface area contributed by atoms with Gasteiger partial charge in [0.15, 0.2) is 5.13 Å². The van der Waals surface area contributed by atoms with Crippen LogP contribution in [-0.2, 0) is 27.8 Å². The summed E-state index contributed by atoms with van der Waals surface area (Å²) in [5.41, 5.74) is 1.93. The summed E-state index contributed by atoms with van der Waals surface area (Å²) >= 11 is 2.50. The zero-order chi connectivity index (χ0) is 19.0. The number of benzene rings is 1. The Kier molecular flexibility index (Phi) is 4.85. The number of hydrogen-bond acceptors (Lipinski definition) is 6. The molecule has 0 spiro atoms. The van der Waals surface area contributed by atoms with Gasteiger partial charge in [-0.15, -0.1) is 22.7 Å². The summed E-state index contributed by atoms with van der Waals surface area (Å²) in [6, 6.07) is 10.1. The largest absolute Gasteiger partial charge is 0.290 e. The van der Waals surface area contributed by atoms with Crippen LogP contribution in [0.1, 0.15) is 11.1 Å². The van der Waals surface area contributed by atoms with Crippen molar-refractivity contribution in [1.29, 1.82) is 0 Å². The number of thiophene rings is 1. The Hall–Kier alpha value is -2.07. The van der Waals surface area contributed by atoms with Crippen LogP contribution in [0.4, 0.5) is 5.13 Å². The molecule has 0 N–H and O–H groups in total. The standard InChI is InChI=1S/C18H17N3O3S3/c1-20(18-19-8-10-26-18)17(22)15-11-13-5-2-3-6-14(13)12-21(15)27(23,24)16-7-4-9-25-16/h2-10,15H,11-12H2,1H3/t15-/m0/s1. The van der Waals surface area contributed by atoms with Crippen LogP contribution in [0.25, 0.3) is 0 Å². The summed E-state index contributed by atoms with van der Waals surface area (Å²) in [5.74, 6) is -0.278. The van der Waals surface area contributed by atoms with Gasteiger partial charge < -0.3 is 0 Å². The van der Waals surface area contributed by atoms with E-state index in [2.05, 4.69) is 4.98 Å². The van der Waals surface area contributed by atoms with Crippen molar-refractivity contribution < 1.29 is 13.2 Å². The van der Waals surface area contributed by atoms with Crippen molar-refractivity contribution in [1.82, 2.24) is 9.29 Å². The molecule has 6 nitrogen and oxygen atoms in total. The number of carbonyl (C=O) groups is 1. The highest BCUT2D eigenvalue weighted by molar-refractivity contribution is 7.91. The fraction of sp³-hybridized carbons (Fsp3) is 0.222. The number of hydrogen-bond donors (Lipinski definition) is 0. The summed E-state index contributed by atoms with van der Waals surface area (Å²) in [6.45, 7) is 0.179. The smallest absolute Gasteiger partial charge is 0.253 e. The second kappa shape index (κ2) is 7.16. The lowest BCUT2D eigenvalue weighted by Gasteiger charge is -2.36. The number of carbonyl (C=O) groups excluding carboxylic acids is 1. The maximum absolute atomic E-state index is 13.2. The number of rotatable bonds is 4. The van der Waals surface area contributed by atoms with Crippen molar-refractivity contribution in [2.75, 3.05) is 11.9 Å². The lowest BCUT2D eigenvalue weighted by Crippen LogP contribution is -2.52. The van der Waals surface area contributed by atoms with E-state index in [9.17, 15) is 13.2 Å². The number of nitrogens with zero attached hydrogens (tertiary/aromatic N) is 3. The minimum absolute atomic E-state index is 0.179.